The number of ether oxygens (including phenoxy) is 1. The molecule has 0 fully saturated rings. The maximum absolute atomic E-state index is 13.2. The molecule has 0 rings (SSSR count). The summed E-state index contributed by atoms with van der Waals surface area (Å²) in [4.78, 5) is 26.1. The Morgan fingerprint density at radius 1 is 0.500 bits per heavy atom. The van der Waals surface area contributed by atoms with Crippen molar-refractivity contribution in [2.75, 3.05) is 6.61 Å². The number of aliphatic hydroxyl groups is 2. The number of hydrogen-bond acceptors (Lipinski definition) is 5. The lowest BCUT2D eigenvalue weighted by Gasteiger charge is -2.23. The van der Waals surface area contributed by atoms with Gasteiger partial charge >= 0.3 is 5.97 Å². The molecule has 0 radical (unpaired) electrons. The second kappa shape index (κ2) is 51.0. The standard InChI is InChI=1S/C58H101NO5/c1-4-7-10-13-16-19-22-25-28-30-33-36-39-42-45-48-51-58(63)64-54(49-46-43-40-37-34-31-27-24-21-18-15-12-9-6-3)52-57(62)59-55(53-60)56(61)50-47-44-41-38-35-32-29-26-23-20-17-14-11-8-5-2/h9,12,18,21,27-28,30-31,33,36-37,40,46,49,54-56,60-61H,4-8,10-11,13-17,19-20,22-26,29,32,34-35,38-39,41-45,47-48,50-53H2,1-3H3,(H,59,62)/b12-9+,21-18+,30-28+,31-27+,36-33+,40-37+,49-46+. The number of hydrogen-bond donors (Lipinski definition) is 3. The van der Waals surface area contributed by atoms with Crippen molar-refractivity contribution in [2.45, 2.75) is 264 Å². The van der Waals surface area contributed by atoms with Crippen LogP contribution in [0.15, 0.2) is 85.1 Å². The zero-order valence-corrected chi connectivity index (χ0v) is 41.9. The maximum atomic E-state index is 13.2. The van der Waals surface area contributed by atoms with Crippen LogP contribution in [0.2, 0.25) is 0 Å². The van der Waals surface area contributed by atoms with Crippen LogP contribution in [-0.2, 0) is 14.3 Å². The van der Waals surface area contributed by atoms with Crippen LogP contribution >= 0.6 is 0 Å². The van der Waals surface area contributed by atoms with Crippen molar-refractivity contribution in [3.8, 4) is 0 Å². The number of unbranched alkanes of at least 4 members (excludes halogenated alkanes) is 24. The first-order valence-corrected chi connectivity index (χ1v) is 26.8. The molecule has 6 nitrogen and oxygen atoms in total. The van der Waals surface area contributed by atoms with Gasteiger partial charge in [-0.15, -0.1) is 0 Å². The van der Waals surface area contributed by atoms with Gasteiger partial charge in [0.05, 0.1) is 25.2 Å². The third-order valence-corrected chi connectivity index (χ3v) is 11.7. The third kappa shape index (κ3) is 45.6. The highest BCUT2D eigenvalue weighted by Crippen LogP contribution is 2.16. The molecule has 0 bridgehead atoms. The van der Waals surface area contributed by atoms with Crippen LogP contribution in [0.1, 0.15) is 245 Å². The van der Waals surface area contributed by atoms with E-state index in [0.717, 1.165) is 77.0 Å². The molecule has 0 aromatic heterocycles. The normalized spacial score (nSPS) is 13.9. The average Bonchev–Trinajstić information content (AvgIpc) is 3.29. The van der Waals surface area contributed by atoms with Crippen LogP contribution in [0.4, 0.5) is 0 Å². The molecule has 0 heterocycles. The molecule has 0 spiro atoms. The van der Waals surface area contributed by atoms with E-state index >= 15 is 0 Å². The number of carbonyl (C=O) groups is 2. The number of esters is 1. The summed E-state index contributed by atoms with van der Waals surface area (Å²) in [5, 5.41) is 23.7. The summed E-state index contributed by atoms with van der Waals surface area (Å²) in [5.74, 6) is -0.661. The predicted molar refractivity (Wildman–Crippen MR) is 278 cm³/mol. The molecule has 3 unspecified atom stereocenters. The first-order chi connectivity index (χ1) is 31.5. The van der Waals surface area contributed by atoms with Crippen LogP contribution < -0.4 is 5.32 Å². The highest BCUT2D eigenvalue weighted by Gasteiger charge is 2.23. The van der Waals surface area contributed by atoms with E-state index in [0.29, 0.717) is 19.3 Å². The summed E-state index contributed by atoms with van der Waals surface area (Å²) in [5.41, 5.74) is 0. The lowest BCUT2D eigenvalue weighted by atomic mass is 10.0. The van der Waals surface area contributed by atoms with Gasteiger partial charge in [-0.1, -0.05) is 241 Å². The minimum absolute atomic E-state index is 0.0596. The summed E-state index contributed by atoms with van der Waals surface area (Å²) in [6.45, 7) is 6.33. The van der Waals surface area contributed by atoms with Crippen molar-refractivity contribution in [1.82, 2.24) is 5.32 Å². The van der Waals surface area contributed by atoms with E-state index in [1.54, 1.807) is 6.08 Å². The van der Waals surface area contributed by atoms with E-state index < -0.39 is 18.2 Å². The van der Waals surface area contributed by atoms with Gasteiger partial charge < -0.3 is 20.3 Å². The zero-order valence-electron chi connectivity index (χ0n) is 41.9. The number of amides is 1. The SMILES string of the molecule is CC/C=C/C/C=C/C/C=C/C/C=C/C/C=C/C(CC(=O)NC(CO)C(O)CCCCCCCCCCCCCCCCC)OC(=O)CCCCC/C=C/C=C/CCCCCCCCC. The smallest absolute Gasteiger partial charge is 0.306 e. The van der Waals surface area contributed by atoms with E-state index in [9.17, 15) is 19.8 Å². The molecule has 0 aliphatic rings. The van der Waals surface area contributed by atoms with E-state index in [1.165, 1.54) is 122 Å². The Morgan fingerprint density at radius 3 is 1.36 bits per heavy atom. The quantitative estimate of drug-likeness (QED) is 0.0245. The van der Waals surface area contributed by atoms with E-state index in [4.69, 9.17) is 4.74 Å². The van der Waals surface area contributed by atoms with Gasteiger partial charge in [0.2, 0.25) is 5.91 Å². The molecule has 0 aliphatic carbocycles. The van der Waals surface area contributed by atoms with Crippen molar-refractivity contribution in [1.29, 1.82) is 0 Å². The van der Waals surface area contributed by atoms with E-state index in [1.807, 2.05) is 6.08 Å². The second-order valence-electron chi connectivity index (χ2n) is 17.9. The van der Waals surface area contributed by atoms with E-state index in [-0.39, 0.29) is 24.9 Å². The van der Waals surface area contributed by atoms with Crippen LogP contribution in [0.3, 0.4) is 0 Å². The van der Waals surface area contributed by atoms with Gasteiger partial charge in [-0.3, -0.25) is 9.59 Å². The summed E-state index contributed by atoms with van der Waals surface area (Å²) in [6.07, 6.45) is 66.8. The van der Waals surface area contributed by atoms with Gasteiger partial charge in [-0.2, -0.15) is 0 Å². The van der Waals surface area contributed by atoms with Crippen LogP contribution in [0, 0.1) is 0 Å². The zero-order chi connectivity index (χ0) is 46.7. The largest absolute Gasteiger partial charge is 0.458 e. The Hall–Kier alpha value is -2.96. The molecule has 0 aromatic rings. The molecule has 0 aromatic carbocycles. The van der Waals surface area contributed by atoms with Gasteiger partial charge in [0, 0.05) is 6.42 Å². The molecule has 3 N–H and O–H groups in total. The number of allylic oxidation sites excluding steroid dienone is 13. The van der Waals surface area contributed by atoms with Gasteiger partial charge in [0.15, 0.2) is 0 Å². The van der Waals surface area contributed by atoms with Crippen molar-refractivity contribution in [3.05, 3.63) is 85.1 Å². The van der Waals surface area contributed by atoms with Crippen molar-refractivity contribution < 1.29 is 24.5 Å². The fraction of sp³-hybridized carbons (Fsp3) is 0.724. The molecule has 1 amide bonds. The van der Waals surface area contributed by atoms with E-state index in [2.05, 4.69) is 99.0 Å². The number of rotatable bonds is 47. The summed E-state index contributed by atoms with van der Waals surface area (Å²) in [7, 11) is 0. The minimum atomic E-state index is -0.827. The average molecular weight is 892 g/mol. The van der Waals surface area contributed by atoms with Crippen LogP contribution in [-0.4, -0.2) is 46.9 Å². The summed E-state index contributed by atoms with van der Waals surface area (Å²) in [6, 6.07) is -0.751. The Morgan fingerprint density at radius 2 is 0.906 bits per heavy atom. The summed E-state index contributed by atoms with van der Waals surface area (Å²) >= 11 is 0. The Kier molecular flexibility index (Phi) is 48.7. The Labute approximate surface area is 395 Å². The highest BCUT2D eigenvalue weighted by atomic mass is 16.5. The molecule has 6 heteroatoms. The lowest BCUT2D eigenvalue weighted by molar-refractivity contribution is -0.148. The first-order valence-electron chi connectivity index (χ1n) is 26.8. The molecule has 64 heavy (non-hydrogen) atoms. The Bertz CT molecular complexity index is 1230. The van der Waals surface area contributed by atoms with Crippen molar-refractivity contribution >= 4 is 11.9 Å². The first kappa shape index (κ1) is 61.0. The predicted octanol–water partition coefficient (Wildman–Crippen LogP) is 16.3. The summed E-state index contributed by atoms with van der Waals surface area (Å²) < 4.78 is 5.81. The number of aliphatic hydroxyl groups excluding tert-OH is 2. The molecule has 368 valence electrons. The number of nitrogens with one attached hydrogen (secondary N) is 1. The molecule has 0 saturated carbocycles. The fourth-order valence-electron chi connectivity index (χ4n) is 7.68. The van der Waals surface area contributed by atoms with Gasteiger partial charge in [-0.05, 0) is 76.7 Å². The topological polar surface area (TPSA) is 95.9 Å². The lowest BCUT2D eigenvalue weighted by Crippen LogP contribution is -2.46. The van der Waals surface area contributed by atoms with Gasteiger partial charge in [0.1, 0.15) is 6.10 Å². The molecular formula is C58H101NO5. The Balaban J connectivity index is 4.74. The van der Waals surface area contributed by atoms with Gasteiger partial charge in [0.25, 0.3) is 0 Å². The second-order valence-corrected chi connectivity index (χ2v) is 17.9. The number of carbonyl (C=O) groups excluding carboxylic acids is 2. The molecule has 0 saturated heterocycles. The maximum Gasteiger partial charge on any atom is 0.306 e. The highest BCUT2D eigenvalue weighted by molar-refractivity contribution is 5.78. The minimum Gasteiger partial charge on any atom is -0.458 e. The molecule has 3 atom stereocenters. The van der Waals surface area contributed by atoms with Crippen LogP contribution in [0.5, 0.6) is 0 Å². The van der Waals surface area contributed by atoms with Crippen molar-refractivity contribution in [2.24, 2.45) is 0 Å². The van der Waals surface area contributed by atoms with Crippen LogP contribution in [0.25, 0.3) is 0 Å². The third-order valence-electron chi connectivity index (χ3n) is 11.7. The molecular weight excluding hydrogens is 791 g/mol. The molecule has 0 aliphatic heterocycles. The monoisotopic (exact) mass is 892 g/mol. The van der Waals surface area contributed by atoms with Crippen molar-refractivity contribution in [3.63, 3.8) is 0 Å². The van der Waals surface area contributed by atoms with Gasteiger partial charge in [-0.25, -0.2) is 0 Å². The fourth-order valence-corrected chi connectivity index (χ4v) is 7.68.